The van der Waals surface area contributed by atoms with Gasteiger partial charge in [0.2, 0.25) is 5.91 Å². The molecule has 2 rings (SSSR count). The average molecular weight is 432 g/mol. The van der Waals surface area contributed by atoms with Gasteiger partial charge in [0.05, 0.1) is 6.54 Å². The Balaban J connectivity index is 2.14. The maximum Gasteiger partial charge on any atom is 0.254 e. The van der Waals surface area contributed by atoms with Crippen molar-refractivity contribution in [1.82, 2.24) is 14.4 Å². The lowest BCUT2D eigenvalue weighted by Gasteiger charge is -2.28. The van der Waals surface area contributed by atoms with Crippen LogP contribution in [0.4, 0.5) is 4.39 Å². The van der Waals surface area contributed by atoms with E-state index in [1.165, 1.54) is 24.3 Å². The van der Waals surface area contributed by atoms with Crippen LogP contribution in [0.2, 0.25) is 0 Å². The van der Waals surface area contributed by atoms with Gasteiger partial charge in [-0.1, -0.05) is 13.3 Å². The van der Waals surface area contributed by atoms with Crippen LogP contribution in [-0.2, 0) is 23.1 Å². The van der Waals surface area contributed by atoms with Crippen molar-refractivity contribution in [1.29, 1.82) is 0 Å². The van der Waals surface area contributed by atoms with Crippen molar-refractivity contribution in [2.45, 2.75) is 39.7 Å². The molecule has 0 aliphatic carbocycles. The molecule has 1 aromatic carbocycles. The van der Waals surface area contributed by atoms with E-state index in [2.05, 4.69) is 6.92 Å². The molecule has 0 aliphatic heterocycles. The minimum atomic E-state index is -0.399. The van der Waals surface area contributed by atoms with Gasteiger partial charge in [-0.25, -0.2) is 4.39 Å². The second-order valence-corrected chi connectivity index (χ2v) is 7.56. The van der Waals surface area contributed by atoms with Crippen LogP contribution in [0.3, 0.4) is 0 Å². The Hall–Kier alpha value is -2.67. The molecule has 0 spiro atoms. The van der Waals surface area contributed by atoms with Crippen molar-refractivity contribution in [3.05, 3.63) is 59.7 Å². The van der Waals surface area contributed by atoms with Crippen molar-refractivity contribution < 1.29 is 18.7 Å². The summed E-state index contributed by atoms with van der Waals surface area (Å²) in [6.07, 6.45) is 4.45. The van der Waals surface area contributed by atoms with Gasteiger partial charge in [0.1, 0.15) is 12.4 Å². The van der Waals surface area contributed by atoms with Crippen LogP contribution in [0.5, 0.6) is 0 Å². The highest BCUT2D eigenvalue weighted by atomic mass is 19.1. The van der Waals surface area contributed by atoms with E-state index in [0.717, 1.165) is 18.5 Å². The van der Waals surface area contributed by atoms with E-state index in [0.29, 0.717) is 44.8 Å². The number of unbranched alkanes of at least 4 members (excludes halogenated alkanes) is 1. The number of aromatic nitrogens is 1. The third kappa shape index (κ3) is 7.83. The van der Waals surface area contributed by atoms with E-state index in [-0.39, 0.29) is 18.4 Å². The summed E-state index contributed by atoms with van der Waals surface area (Å²) in [5.41, 5.74) is 1.41. The SMILES string of the molecule is CCCCN(Cc1cccn1C)C(=O)CN(CCCOCC)C(=O)c1ccc(F)cc1. The van der Waals surface area contributed by atoms with E-state index in [1.54, 1.807) is 4.90 Å². The van der Waals surface area contributed by atoms with Crippen LogP contribution in [0.15, 0.2) is 42.6 Å². The zero-order valence-electron chi connectivity index (χ0n) is 18.8. The predicted octanol–water partition coefficient (Wildman–Crippen LogP) is 3.86. The Morgan fingerprint density at radius 3 is 2.35 bits per heavy atom. The molecule has 0 radical (unpaired) electrons. The maximum absolute atomic E-state index is 13.3. The second kappa shape index (κ2) is 12.9. The lowest BCUT2D eigenvalue weighted by Crippen LogP contribution is -2.43. The zero-order valence-corrected chi connectivity index (χ0v) is 18.8. The molecule has 31 heavy (non-hydrogen) atoms. The number of ether oxygens (including phenoxy) is 1. The molecule has 2 aromatic rings. The standard InChI is InChI=1S/C24H34FN3O3/c1-4-6-15-27(18-22-9-7-14-26(22)3)23(29)19-28(16-8-17-31-5-2)24(30)20-10-12-21(25)13-11-20/h7,9-14H,4-6,8,15-19H2,1-3H3. The molecule has 0 unspecified atom stereocenters. The summed E-state index contributed by atoms with van der Waals surface area (Å²) < 4.78 is 20.7. The third-order valence-corrected chi connectivity index (χ3v) is 5.16. The van der Waals surface area contributed by atoms with Crippen molar-refractivity contribution >= 4 is 11.8 Å². The van der Waals surface area contributed by atoms with Gasteiger partial charge >= 0.3 is 0 Å². The summed E-state index contributed by atoms with van der Waals surface area (Å²) in [6.45, 7) is 6.64. The average Bonchev–Trinajstić information content (AvgIpc) is 3.17. The molecule has 0 aliphatic rings. The number of aryl methyl sites for hydroxylation is 1. The third-order valence-electron chi connectivity index (χ3n) is 5.16. The molecule has 2 amide bonds. The summed E-state index contributed by atoms with van der Waals surface area (Å²) in [5, 5.41) is 0. The lowest BCUT2D eigenvalue weighted by atomic mass is 10.2. The number of hydrogen-bond acceptors (Lipinski definition) is 3. The van der Waals surface area contributed by atoms with Crippen LogP contribution in [0.25, 0.3) is 0 Å². The Morgan fingerprint density at radius 1 is 1.03 bits per heavy atom. The van der Waals surface area contributed by atoms with Gasteiger partial charge < -0.3 is 19.1 Å². The second-order valence-electron chi connectivity index (χ2n) is 7.56. The summed E-state index contributed by atoms with van der Waals surface area (Å²) in [7, 11) is 1.95. The van der Waals surface area contributed by atoms with Crippen LogP contribution >= 0.6 is 0 Å². The fraction of sp³-hybridized carbons (Fsp3) is 0.500. The van der Waals surface area contributed by atoms with E-state index in [9.17, 15) is 14.0 Å². The molecule has 1 aromatic heterocycles. The Bertz CT molecular complexity index is 820. The number of halogens is 1. The minimum absolute atomic E-state index is 0.0174. The van der Waals surface area contributed by atoms with Gasteiger partial charge in [-0.05, 0) is 56.2 Å². The van der Waals surface area contributed by atoms with Gasteiger partial charge in [0, 0.05) is 50.8 Å². The van der Waals surface area contributed by atoms with Crippen LogP contribution in [-0.4, -0.2) is 59.0 Å². The molecule has 0 saturated carbocycles. The quantitative estimate of drug-likeness (QED) is 0.453. The summed E-state index contributed by atoms with van der Waals surface area (Å²) in [6, 6.07) is 9.38. The predicted molar refractivity (Wildman–Crippen MR) is 119 cm³/mol. The highest BCUT2D eigenvalue weighted by Crippen LogP contribution is 2.11. The van der Waals surface area contributed by atoms with Crippen molar-refractivity contribution in [3.63, 3.8) is 0 Å². The van der Waals surface area contributed by atoms with Crippen LogP contribution in [0, 0.1) is 5.82 Å². The van der Waals surface area contributed by atoms with E-state index in [4.69, 9.17) is 4.74 Å². The fourth-order valence-electron chi connectivity index (χ4n) is 3.29. The minimum Gasteiger partial charge on any atom is -0.382 e. The molecule has 170 valence electrons. The molecule has 6 nitrogen and oxygen atoms in total. The van der Waals surface area contributed by atoms with Gasteiger partial charge in [-0.3, -0.25) is 9.59 Å². The molecular formula is C24H34FN3O3. The highest BCUT2D eigenvalue weighted by Gasteiger charge is 2.22. The van der Waals surface area contributed by atoms with E-state index >= 15 is 0 Å². The Kier molecular flexibility index (Phi) is 10.2. The zero-order chi connectivity index (χ0) is 22.6. The monoisotopic (exact) mass is 431 g/mol. The summed E-state index contributed by atoms with van der Waals surface area (Å²) >= 11 is 0. The van der Waals surface area contributed by atoms with E-state index < -0.39 is 5.82 Å². The lowest BCUT2D eigenvalue weighted by molar-refractivity contribution is -0.132. The molecule has 1 heterocycles. The Morgan fingerprint density at radius 2 is 1.74 bits per heavy atom. The first-order valence-corrected chi connectivity index (χ1v) is 11.0. The molecule has 0 atom stereocenters. The first kappa shape index (κ1) is 24.6. The molecular weight excluding hydrogens is 397 g/mol. The van der Waals surface area contributed by atoms with Gasteiger partial charge in [0.15, 0.2) is 0 Å². The smallest absolute Gasteiger partial charge is 0.254 e. The number of carbonyl (C=O) groups excluding carboxylic acids is 2. The Labute approximate surface area is 184 Å². The molecule has 0 N–H and O–H groups in total. The first-order chi connectivity index (χ1) is 15.0. The summed E-state index contributed by atoms with van der Waals surface area (Å²) in [5.74, 6) is -0.774. The van der Waals surface area contributed by atoms with Gasteiger partial charge in [-0.2, -0.15) is 0 Å². The number of carbonyl (C=O) groups is 2. The number of rotatable bonds is 13. The molecule has 0 bridgehead atoms. The largest absolute Gasteiger partial charge is 0.382 e. The first-order valence-electron chi connectivity index (χ1n) is 11.0. The highest BCUT2D eigenvalue weighted by molar-refractivity contribution is 5.96. The van der Waals surface area contributed by atoms with Crippen molar-refractivity contribution in [2.24, 2.45) is 7.05 Å². The fourth-order valence-corrected chi connectivity index (χ4v) is 3.29. The molecule has 0 fully saturated rings. The maximum atomic E-state index is 13.3. The number of benzene rings is 1. The van der Waals surface area contributed by atoms with Gasteiger partial charge in [-0.15, -0.1) is 0 Å². The topological polar surface area (TPSA) is 54.8 Å². The molecule has 7 heteroatoms. The van der Waals surface area contributed by atoms with Crippen molar-refractivity contribution in [2.75, 3.05) is 32.8 Å². The number of hydrogen-bond donors (Lipinski definition) is 0. The molecule has 0 saturated heterocycles. The van der Waals surface area contributed by atoms with Gasteiger partial charge in [0.25, 0.3) is 5.91 Å². The van der Waals surface area contributed by atoms with Crippen molar-refractivity contribution in [3.8, 4) is 0 Å². The van der Waals surface area contributed by atoms with E-state index in [1.807, 2.05) is 41.8 Å². The number of nitrogens with zero attached hydrogens (tertiary/aromatic N) is 3. The van der Waals surface area contributed by atoms with Crippen LogP contribution in [0.1, 0.15) is 49.2 Å². The normalized spacial score (nSPS) is 10.8. The number of amides is 2. The summed E-state index contributed by atoms with van der Waals surface area (Å²) in [4.78, 5) is 29.6. The van der Waals surface area contributed by atoms with Crippen LogP contribution < -0.4 is 0 Å².